The molecule has 2 aliphatic heterocycles. The van der Waals surface area contributed by atoms with Gasteiger partial charge in [-0.1, -0.05) is 28.8 Å². The molecule has 0 radical (unpaired) electrons. The summed E-state index contributed by atoms with van der Waals surface area (Å²) in [6, 6.07) is 0. The summed E-state index contributed by atoms with van der Waals surface area (Å²) in [6.07, 6.45) is 10.4. The van der Waals surface area contributed by atoms with Gasteiger partial charge in [0.25, 0.3) is 0 Å². The van der Waals surface area contributed by atoms with E-state index in [1.807, 2.05) is 0 Å². The van der Waals surface area contributed by atoms with E-state index in [1.165, 1.54) is 38.5 Å². The van der Waals surface area contributed by atoms with Crippen molar-refractivity contribution in [3.8, 4) is 0 Å². The lowest BCUT2D eigenvalue weighted by Crippen LogP contribution is -2.47. The zero-order valence-corrected chi connectivity index (χ0v) is 12.8. The van der Waals surface area contributed by atoms with Gasteiger partial charge >= 0.3 is 0 Å². The highest BCUT2D eigenvalue weighted by Crippen LogP contribution is 2.45. The lowest BCUT2D eigenvalue weighted by molar-refractivity contribution is -0.153. The van der Waals surface area contributed by atoms with Crippen molar-refractivity contribution in [2.75, 3.05) is 19.8 Å². The minimum atomic E-state index is 0.172. The number of rotatable bonds is 1. The van der Waals surface area contributed by atoms with Crippen molar-refractivity contribution < 1.29 is 9.47 Å². The van der Waals surface area contributed by atoms with Crippen molar-refractivity contribution in [2.24, 2.45) is 11.8 Å². The Kier molecular flexibility index (Phi) is 4.32. The van der Waals surface area contributed by atoms with Crippen LogP contribution in [0.3, 0.4) is 0 Å². The first-order valence-electron chi connectivity index (χ1n) is 7.65. The Hall–Kier alpha value is 0.400. The summed E-state index contributed by atoms with van der Waals surface area (Å²) < 4.78 is 11.7. The summed E-state index contributed by atoms with van der Waals surface area (Å²) in [7, 11) is 0. The normalized spacial score (nSPS) is 40.8. The van der Waals surface area contributed by atoms with Crippen molar-refractivity contribution in [2.45, 2.75) is 61.8 Å². The van der Waals surface area contributed by atoms with Gasteiger partial charge in [0, 0.05) is 24.6 Å². The maximum atomic E-state index is 6.17. The lowest BCUT2D eigenvalue weighted by atomic mass is 9.71. The lowest BCUT2D eigenvalue weighted by Gasteiger charge is -2.47. The fourth-order valence-corrected chi connectivity index (χ4v) is 5.19. The molecule has 3 heteroatoms. The molecular formula is C15H25BrO2. The topological polar surface area (TPSA) is 18.5 Å². The Balaban J connectivity index is 1.65. The second-order valence-electron chi connectivity index (χ2n) is 6.36. The summed E-state index contributed by atoms with van der Waals surface area (Å²) in [5.74, 6) is 1.77. The third kappa shape index (κ3) is 2.78. The Morgan fingerprint density at radius 1 is 0.944 bits per heavy atom. The quantitative estimate of drug-likeness (QED) is 0.683. The highest BCUT2D eigenvalue weighted by molar-refractivity contribution is 9.09. The van der Waals surface area contributed by atoms with E-state index >= 15 is 0 Å². The van der Waals surface area contributed by atoms with Crippen molar-refractivity contribution in [3.63, 3.8) is 0 Å². The summed E-state index contributed by atoms with van der Waals surface area (Å²) in [4.78, 5) is 0.756. The zero-order chi connectivity index (χ0) is 12.4. The van der Waals surface area contributed by atoms with Crippen LogP contribution in [0.25, 0.3) is 0 Å². The highest BCUT2D eigenvalue weighted by Gasteiger charge is 2.42. The van der Waals surface area contributed by atoms with Gasteiger partial charge in [-0.25, -0.2) is 0 Å². The van der Waals surface area contributed by atoms with Crippen LogP contribution in [0.4, 0.5) is 0 Å². The second kappa shape index (κ2) is 5.80. The van der Waals surface area contributed by atoms with Crippen LogP contribution in [-0.4, -0.2) is 30.2 Å². The second-order valence-corrected chi connectivity index (χ2v) is 7.54. The molecule has 1 spiro atoms. The van der Waals surface area contributed by atoms with Crippen LogP contribution in [0.2, 0.25) is 0 Å². The van der Waals surface area contributed by atoms with Crippen molar-refractivity contribution in [3.05, 3.63) is 0 Å². The third-order valence-electron chi connectivity index (χ3n) is 5.27. The maximum absolute atomic E-state index is 6.17. The van der Waals surface area contributed by atoms with Gasteiger partial charge in [0.2, 0.25) is 0 Å². The number of halogens is 1. The predicted octanol–water partition coefficient (Wildman–Crippen LogP) is 3.92. The molecule has 0 aromatic heterocycles. The largest absolute Gasteiger partial charge is 0.381 e. The Morgan fingerprint density at radius 2 is 1.72 bits per heavy atom. The zero-order valence-electron chi connectivity index (χ0n) is 11.2. The number of alkyl halides is 1. The first-order valence-corrected chi connectivity index (χ1v) is 8.56. The number of hydrogen-bond donors (Lipinski definition) is 0. The molecule has 1 aliphatic carbocycles. The standard InChI is InChI=1S/C15H25BrO2/c16-14-4-2-1-3-13(14)12-5-8-18-15(11-12)6-9-17-10-7-15/h12-14H,1-11H2. The molecule has 0 bridgehead atoms. The molecule has 2 saturated heterocycles. The summed E-state index contributed by atoms with van der Waals surface area (Å²) in [5, 5.41) is 0. The molecule has 3 rings (SSSR count). The highest BCUT2D eigenvalue weighted by atomic mass is 79.9. The Bertz CT molecular complexity index is 270. The smallest absolute Gasteiger partial charge is 0.0729 e. The molecule has 3 fully saturated rings. The molecule has 0 N–H and O–H groups in total. The van der Waals surface area contributed by atoms with Crippen molar-refractivity contribution in [1.29, 1.82) is 0 Å². The monoisotopic (exact) mass is 316 g/mol. The van der Waals surface area contributed by atoms with Gasteiger partial charge in [-0.05, 0) is 50.4 Å². The maximum Gasteiger partial charge on any atom is 0.0729 e. The van der Waals surface area contributed by atoms with Crippen molar-refractivity contribution >= 4 is 15.9 Å². The fraction of sp³-hybridized carbons (Fsp3) is 1.00. The number of hydrogen-bond acceptors (Lipinski definition) is 2. The molecule has 0 amide bonds. The summed E-state index contributed by atoms with van der Waals surface area (Å²) in [5.41, 5.74) is 0.172. The van der Waals surface area contributed by atoms with Crippen LogP contribution in [0, 0.1) is 11.8 Å². The summed E-state index contributed by atoms with van der Waals surface area (Å²) in [6.45, 7) is 2.77. The van der Waals surface area contributed by atoms with Gasteiger partial charge in [0.15, 0.2) is 0 Å². The van der Waals surface area contributed by atoms with Gasteiger partial charge < -0.3 is 9.47 Å². The average Bonchev–Trinajstić information content (AvgIpc) is 2.40. The van der Waals surface area contributed by atoms with Gasteiger partial charge in [0.05, 0.1) is 5.60 Å². The Labute approximate surface area is 119 Å². The van der Waals surface area contributed by atoms with E-state index in [0.29, 0.717) is 0 Å². The van der Waals surface area contributed by atoms with Gasteiger partial charge in [-0.2, -0.15) is 0 Å². The van der Waals surface area contributed by atoms with E-state index in [4.69, 9.17) is 9.47 Å². The molecule has 3 unspecified atom stereocenters. The van der Waals surface area contributed by atoms with Crippen molar-refractivity contribution in [1.82, 2.24) is 0 Å². The summed E-state index contributed by atoms with van der Waals surface area (Å²) >= 11 is 3.94. The van der Waals surface area contributed by atoms with Crippen LogP contribution >= 0.6 is 15.9 Å². The molecule has 1 saturated carbocycles. The van der Waals surface area contributed by atoms with E-state index < -0.39 is 0 Å². The van der Waals surface area contributed by atoms with Crippen LogP contribution in [0.5, 0.6) is 0 Å². The molecule has 2 heterocycles. The van der Waals surface area contributed by atoms with Gasteiger partial charge in [-0.3, -0.25) is 0 Å². The SMILES string of the molecule is BrC1CCCCC1C1CCOC2(CCOCC2)C1. The van der Waals surface area contributed by atoms with Crippen LogP contribution in [0.15, 0.2) is 0 Å². The van der Waals surface area contributed by atoms with Gasteiger partial charge in [0.1, 0.15) is 0 Å². The third-order valence-corrected chi connectivity index (χ3v) is 6.41. The molecule has 0 aromatic carbocycles. The molecule has 3 aliphatic rings. The van der Waals surface area contributed by atoms with Gasteiger partial charge in [-0.15, -0.1) is 0 Å². The first kappa shape index (κ1) is 13.4. The minimum Gasteiger partial charge on any atom is -0.381 e. The van der Waals surface area contributed by atoms with E-state index in [1.54, 1.807) is 0 Å². The van der Waals surface area contributed by atoms with E-state index in [0.717, 1.165) is 49.3 Å². The molecule has 18 heavy (non-hydrogen) atoms. The van der Waals surface area contributed by atoms with Crippen LogP contribution in [-0.2, 0) is 9.47 Å². The molecule has 0 aromatic rings. The van der Waals surface area contributed by atoms with E-state index in [2.05, 4.69) is 15.9 Å². The molecular weight excluding hydrogens is 292 g/mol. The van der Waals surface area contributed by atoms with E-state index in [-0.39, 0.29) is 5.60 Å². The predicted molar refractivity (Wildman–Crippen MR) is 76.1 cm³/mol. The Morgan fingerprint density at radius 3 is 2.50 bits per heavy atom. The molecule has 104 valence electrons. The minimum absolute atomic E-state index is 0.172. The molecule has 2 nitrogen and oxygen atoms in total. The van der Waals surface area contributed by atoms with E-state index in [9.17, 15) is 0 Å². The first-order chi connectivity index (χ1) is 8.79. The average molecular weight is 317 g/mol. The fourth-order valence-electron chi connectivity index (χ4n) is 4.17. The van der Waals surface area contributed by atoms with Crippen LogP contribution < -0.4 is 0 Å². The molecule has 3 atom stereocenters. The number of ether oxygens (including phenoxy) is 2. The van der Waals surface area contributed by atoms with Crippen LogP contribution in [0.1, 0.15) is 51.4 Å².